The molecule has 0 aliphatic heterocycles. The largest absolute Gasteiger partial charge is 0.355 e. The number of carbonyl (C=O) groups is 1. The molecule has 0 saturated carbocycles. The first-order chi connectivity index (χ1) is 7.92. The van der Waals surface area contributed by atoms with E-state index in [1.165, 1.54) is 25.3 Å². The highest BCUT2D eigenvalue weighted by Gasteiger charge is 2.13. The van der Waals surface area contributed by atoms with E-state index < -0.39 is 10.0 Å². The molecule has 0 aliphatic carbocycles. The lowest BCUT2D eigenvalue weighted by Gasteiger charge is -2.06. The smallest absolute Gasteiger partial charge is 0.240 e. The van der Waals surface area contributed by atoms with Crippen LogP contribution in [0.2, 0.25) is 5.15 Å². The maximum atomic E-state index is 11.7. The third kappa shape index (κ3) is 4.68. The first-order valence-electron chi connectivity index (χ1n) is 4.77. The van der Waals surface area contributed by atoms with E-state index in [4.69, 9.17) is 11.6 Å². The van der Waals surface area contributed by atoms with Crippen molar-refractivity contribution in [3.63, 3.8) is 0 Å². The van der Waals surface area contributed by atoms with Gasteiger partial charge in [0.05, 0.1) is 4.90 Å². The Bertz CT molecular complexity index is 504. The lowest BCUT2D eigenvalue weighted by Crippen LogP contribution is -2.33. The second-order valence-corrected chi connectivity index (χ2v) is 5.35. The van der Waals surface area contributed by atoms with Crippen LogP contribution in [0.15, 0.2) is 23.2 Å². The average Bonchev–Trinajstić information content (AvgIpc) is 2.24. The maximum Gasteiger partial charge on any atom is 0.240 e. The Morgan fingerprint density at radius 3 is 2.76 bits per heavy atom. The van der Waals surface area contributed by atoms with Gasteiger partial charge in [0.1, 0.15) is 5.15 Å². The highest BCUT2D eigenvalue weighted by Crippen LogP contribution is 2.11. The first kappa shape index (κ1) is 13.9. The Morgan fingerprint density at radius 1 is 1.47 bits per heavy atom. The van der Waals surface area contributed by atoms with Crippen molar-refractivity contribution < 1.29 is 13.2 Å². The molecule has 1 rings (SSSR count). The monoisotopic (exact) mass is 277 g/mol. The molecule has 0 aromatic carbocycles. The zero-order valence-corrected chi connectivity index (χ0v) is 10.7. The summed E-state index contributed by atoms with van der Waals surface area (Å²) in [6.45, 7) is 1.70. The normalized spacial score (nSPS) is 11.2. The highest BCUT2D eigenvalue weighted by atomic mass is 35.5. The number of amides is 1. The number of halogens is 1. The molecule has 6 nitrogen and oxygen atoms in total. The Labute approximate surface area is 104 Å². The molecule has 0 spiro atoms. The number of rotatable bonds is 5. The van der Waals surface area contributed by atoms with Crippen molar-refractivity contribution in [3.05, 3.63) is 23.5 Å². The molecule has 2 N–H and O–H groups in total. The number of hydrogen-bond acceptors (Lipinski definition) is 4. The molecule has 1 amide bonds. The van der Waals surface area contributed by atoms with Gasteiger partial charge in [-0.05, 0) is 12.1 Å². The summed E-state index contributed by atoms with van der Waals surface area (Å²) in [5.74, 6) is -0.212. The van der Waals surface area contributed by atoms with Crippen molar-refractivity contribution in [1.29, 1.82) is 0 Å². The molecule has 94 valence electrons. The predicted molar refractivity (Wildman–Crippen MR) is 63.1 cm³/mol. The maximum absolute atomic E-state index is 11.7. The van der Waals surface area contributed by atoms with Gasteiger partial charge in [-0.2, -0.15) is 0 Å². The molecule has 1 heterocycles. The van der Waals surface area contributed by atoms with Crippen molar-refractivity contribution >= 4 is 27.5 Å². The third-order valence-corrected chi connectivity index (χ3v) is 3.46. The van der Waals surface area contributed by atoms with Gasteiger partial charge in [-0.1, -0.05) is 11.6 Å². The van der Waals surface area contributed by atoms with Crippen LogP contribution in [0.5, 0.6) is 0 Å². The molecule has 0 aliphatic rings. The topological polar surface area (TPSA) is 88.2 Å². The standard InChI is InChI=1S/C9H12ClN3O3S/c1-7(14)11-4-5-13-17(15,16)8-2-3-12-9(10)6-8/h2-3,6,13H,4-5H2,1H3,(H,11,14). The minimum atomic E-state index is -3.61. The number of nitrogens with one attached hydrogen (secondary N) is 2. The lowest BCUT2D eigenvalue weighted by molar-refractivity contribution is -0.118. The predicted octanol–water partition coefficient (Wildman–Crippen LogP) is 0.149. The minimum Gasteiger partial charge on any atom is -0.355 e. The molecule has 1 aromatic rings. The Balaban J connectivity index is 2.60. The zero-order valence-electron chi connectivity index (χ0n) is 9.10. The molecular formula is C9H12ClN3O3S. The van der Waals surface area contributed by atoms with E-state index in [0.29, 0.717) is 0 Å². The van der Waals surface area contributed by atoms with Crippen LogP contribution < -0.4 is 10.0 Å². The summed E-state index contributed by atoms with van der Waals surface area (Å²) in [5.41, 5.74) is 0. The van der Waals surface area contributed by atoms with Crippen LogP contribution in [0.25, 0.3) is 0 Å². The van der Waals surface area contributed by atoms with E-state index in [2.05, 4.69) is 15.0 Å². The summed E-state index contributed by atoms with van der Waals surface area (Å²) in [6.07, 6.45) is 1.31. The molecule has 1 aromatic heterocycles. The van der Waals surface area contributed by atoms with Crippen LogP contribution in [0.1, 0.15) is 6.92 Å². The van der Waals surface area contributed by atoms with Crippen molar-refractivity contribution in [3.8, 4) is 0 Å². The molecular weight excluding hydrogens is 266 g/mol. The quantitative estimate of drug-likeness (QED) is 0.592. The Morgan fingerprint density at radius 2 is 2.18 bits per heavy atom. The molecule has 0 bridgehead atoms. The van der Waals surface area contributed by atoms with E-state index in [1.807, 2.05) is 0 Å². The summed E-state index contributed by atoms with van der Waals surface area (Å²) in [5, 5.41) is 2.58. The molecule has 17 heavy (non-hydrogen) atoms. The van der Waals surface area contributed by atoms with Gasteiger partial charge in [-0.25, -0.2) is 18.1 Å². The summed E-state index contributed by atoms with van der Waals surface area (Å²) < 4.78 is 25.8. The molecule has 8 heteroatoms. The van der Waals surface area contributed by atoms with Crippen molar-refractivity contribution in [1.82, 2.24) is 15.0 Å². The third-order valence-electron chi connectivity index (χ3n) is 1.80. The average molecular weight is 278 g/mol. The fraction of sp³-hybridized carbons (Fsp3) is 0.333. The van der Waals surface area contributed by atoms with Gasteiger partial charge >= 0.3 is 0 Å². The highest BCUT2D eigenvalue weighted by molar-refractivity contribution is 7.89. The van der Waals surface area contributed by atoms with Crippen LogP contribution in [0.3, 0.4) is 0 Å². The second-order valence-electron chi connectivity index (χ2n) is 3.20. The van der Waals surface area contributed by atoms with Gasteiger partial charge in [-0.3, -0.25) is 4.79 Å². The SMILES string of the molecule is CC(=O)NCCNS(=O)(=O)c1ccnc(Cl)c1. The number of aromatic nitrogens is 1. The van der Waals surface area contributed by atoms with Gasteiger partial charge in [0, 0.05) is 26.2 Å². The van der Waals surface area contributed by atoms with Crippen molar-refractivity contribution in [2.24, 2.45) is 0 Å². The molecule has 0 unspecified atom stereocenters. The number of nitrogens with zero attached hydrogens (tertiary/aromatic N) is 1. The van der Waals surface area contributed by atoms with E-state index in [0.717, 1.165) is 0 Å². The van der Waals surface area contributed by atoms with Crippen LogP contribution in [0.4, 0.5) is 0 Å². The van der Waals surface area contributed by atoms with Crippen LogP contribution >= 0.6 is 11.6 Å². The summed E-state index contributed by atoms with van der Waals surface area (Å²) in [7, 11) is -3.61. The minimum absolute atomic E-state index is 0.0420. The van der Waals surface area contributed by atoms with Gasteiger partial charge in [0.25, 0.3) is 0 Å². The number of carbonyl (C=O) groups excluding carboxylic acids is 1. The number of pyridine rings is 1. The van der Waals surface area contributed by atoms with E-state index in [-0.39, 0.29) is 29.0 Å². The fourth-order valence-corrected chi connectivity index (χ4v) is 2.34. The summed E-state index contributed by atoms with van der Waals surface area (Å²) >= 11 is 5.59. The summed E-state index contributed by atoms with van der Waals surface area (Å²) in [4.78, 5) is 14.3. The molecule has 0 radical (unpaired) electrons. The molecule has 0 fully saturated rings. The van der Waals surface area contributed by atoms with E-state index >= 15 is 0 Å². The van der Waals surface area contributed by atoms with E-state index in [1.54, 1.807) is 0 Å². The van der Waals surface area contributed by atoms with Gasteiger partial charge in [0.15, 0.2) is 0 Å². The molecule has 0 saturated heterocycles. The summed E-state index contributed by atoms with van der Waals surface area (Å²) in [6, 6.07) is 2.59. The molecule has 0 atom stereocenters. The van der Waals surface area contributed by atoms with Crippen LogP contribution in [-0.4, -0.2) is 32.4 Å². The number of hydrogen-bond donors (Lipinski definition) is 2. The van der Waals surface area contributed by atoms with Gasteiger partial charge in [-0.15, -0.1) is 0 Å². The Kier molecular flexibility index (Phi) is 4.86. The lowest BCUT2D eigenvalue weighted by atomic mass is 10.5. The Hall–Kier alpha value is -1.18. The zero-order chi connectivity index (χ0) is 12.9. The van der Waals surface area contributed by atoms with E-state index in [9.17, 15) is 13.2 Å². The van der Waals surface area contributed by atoms with Gasteiger partial charge < -0.3 is 5.32 Å². The second kappa shape index (κ2) is 5.95. The first-order valence-corrected chi connectivity index (χ1v) is 6.63. The number of sulfonamides is 1. The van der Waals surface area contributed by atoms with Crippen LogP contribution in [0, 0.1) is 0 Å². The van der Waals surface area contributed by atoms with Crippen LogP contribution in [-0.2, 0) is 14.8 Å². The van der Waals surface area contributed by atoms with Gasteiger partial charge in [0.2, 0.25) is 15.9 Å². The van der Waals surface area contributed by atoms with Crippen molar-refractivity contribution in [2.45, 2.75) is 11.8 Å². The van der Waals surface area contributed by atoms with Crippen molar-refractivity contribution in [2.75, 3.05) is 13.1 Å². The fourth-order valence-electron chi connectivity index (χ4n) is 1.06.